The largest absolute Gasteiger partial charge is 0.445 e. The minimum absolute atomic E-state index is 0.0835. The Bertz CT molecular complexity index is 666. The number of aromatic nitrogens is 1. The van der Waals surface area contributed by atoms with Gasteiger partial charge in [-0.05, 0) is 24.1 Å². The number of anilines is 1. The molecule has 25 heavy (non-hydrogen) atoms. The Labute approximate surface area is 147 Å². The second-order valence-corrected chi connectivity index (χ2v) is 6.20. The number of amides is 1. The number of likely N-dealkylation sites (tertiary alicyclic amines) is 1. The van der Waals surface area contributed by atoms with Crippen LogP contribution >= 0.6 is 0 Å². The molecule has 1 aliphatic heterocycles. The minimum Gasteiger partial charge on any atom is -0.445 e. The molecule has 1 amide bonds. The van der Waals surface area contributed by atoms with Gasteiger partial charge in [0.05, 0.1) is 12.6 Å². The molecule has 3 rings (SSSR count). The van der Waals surface area contributed by atoms with Crippen LogP contribution in [0.4, 0.5) is 10.6 Å². The number of hydrogen-bond donors (Lipinski definition) is 2. The molecule has 132 valence electrons. The van der Waals surface area contributed by atoms with E-state index in [-0.39, 0.29) is 18.6 Å². The number of β-amino-alcohol motifs (C(OH)–C–C–N with tert-alkyl or cyclic N) is 1. The van der Waals surface area contributed by atoms with E-state index in [1.54, 1.807) is 11.1 Å². The number of hydrogen-bond acceptors (Lipinski definition) is 5. The van der Waals surface area contributed by atoms with Crippen LogP contribution in [-0.4, -0.2) is 46.8 Å². The summed E-state index contributed by atoms with van der Waals surface area (Å²) in [5, 5.41) is 13.6. The first-order valence-electron chi connectivity index (χ1n) is 8.51. The summed E-state index contributed by atoms with van der Waals surface area (Å²) in [6, 6.07) is 15.2. The number of carbonyl (C=O) groups is 1. The van der Waals surface area contributed by atoms with Crippen molar-refractivity contribution in [3.8, 4) is 0 Å². The highest BCUT2D eigenvalue weighted by molar-refractivity contribution is 5.67. The highest BCUT2D eigenvalue weighted by Crippen LogP contribution is 2.19. The SMILES string of the molecule is O=C(OCc1ccccc1)N1CC[C@H](CNc2ccccn2)[C@H](O)C1. The fourth-order valence-corrected chi connectivity index (χ4v) is 2.90. The lowest BCUT2D eigenvalue weighted by Gasteiger charge is -2.35. The summed E-state index contributed by atoms with van der Waals surface area (Å²) in [6.07, 6.45) is 1.50. The zero-order chi connectivity index (χ0) is 17.5. The maximum atomic E-state index is 12.2. The summed E-state index contributed by atoms with van der Waals surface area (Å²) >= 11 is 0. The molecule has 2 aromatic rings. The van der Waals surface area contributed by atoms with Crippen molar-refractivity contribution in [1.29, 1.82) is 0 Å². The summed E-state index contributed by atoms with van der Waals surface area (Å²) in [4.78, 5) is 18.0. The van der Waals surface area contributed by atoms with E-state index < -0.39 is 6.10 Å². The first-order chi connectivity index (χ1) is 12.2. The number of carbonyl (C=O) groups excluding carboxylic acids is 1. The average molecular weight is 341 g/mol. The Morgan fingerprint density at radius 2 is 2.04 bits per heavy atom. The van der Waals surface area contributed by atoms with E-state index in [1.165, 1.54) is 0 Å². The Hall–Kier alpha value is -2.60. The number of aliphatic hydroxyl groups is 1. The molecule has 2 atom stereocenters. The lowest BCUT2D eigenvalue weighted by Crippen LogP contribution is -2.48. The number of nitrogens with one attached hydrogen (secondary N) is 1. The molecular weight excluding hydrogens is 318 g/mol. The Kier molecular flexibility index (Phi) is 5.85. The van der Waals surface area contributed by atoms with Crippen LogP contribution < -0.4 is 5.32 Å². The fourth-order valence-electron chi connectivity index (χ4n) is 2.90. The van der Waals surface area contributed by atoms with Crippen molar-refractivity contribution in [3.63, 3.8) is 0 Å². The molecule has 1 aromatic heterocycles. The van der Waals surface area contributed by atoms with Gasteiger partial charge in [0.15, 0.2) is 0 Å². The lowest BCUT2D eigenvalue weighted by molar-refractivity contribution is 0.0175. The van der Waals surface area contributed by atoms with Gasteiger partial charge in [0, 0.05) is 25.2 Å². The third-order valence-electron chi connectivity index (χ3n) is 4.40. The maximum absolute atomic E-state index is 12.2. The molecule has 1 saturated heterocycles. The zero-order valence-electron chi connectivity index (χ0n) is 14.0. The number of ether oxygens (including phenoxy) is 1. The Balaban J connectivity index is 1.43. The van der Waals surface area contributed by atoms with Crippen molar-refractivity contribution in [1.82, 2.24) is 9.88 Å². The fraction of sp³-hybridized carbons (Fsp3) is 0.368. The van der Waals surface area contributed by atoms with E-state index >= 15 is 0 Å². The molecule has 0 bridgehead atoms. The van der Waals surface area contributed by atoms with Crippen molar-refractivity contribution in [2.24, 2.45) is 5.92 Å². The molecule has 6 heteroatoms. The van der Waals surface area contributed by atoms with Gasteiger partial charge in [-0.2, -0.15) is 0 Å². The summed E-state index contributed by atoms with van der Waals surface area (Å²) in [5.74, 6) is 0.875. The molecule has 0 aliphatic carbocycles. The third-order valence-corrected chi connectivity index (χ3v) is 4.40. The van der Waals surface area contributed by atoms with Crippen LogP contribution in [0.3, 0.4) is 0 Å². The Morgan fingerprint density at radius 1 is 1.24 bits per heavy atom. The predicted octanol–water partition coefficient (Wildman–Crippen LogP) is 2.51. The molecule has 2 N–H and O–H groups in total. The van der Waals surface area contributed by atoms with Crippen molar-refractivity contribution in [2.45, 2.75) is 19.1 Å². The van der Waals surface area contributed by atoms with Gasteiger partial charge < -0.3 is 20.1 Å². The van der Waals surface area contributed by atoms with Gasteiger partial charge in [-0.1, -0.05) is 36.4 Å². The number of aliphatic hydroxyl groups excluding tert-OH is 1. The van der Waals surface area contributed by atoms with Crippen molar-refractivity contribution < 1.29 is 14.6 Å². The summed E-state index contributed by atoms with van der Waals surface area (Å²) in [5.41, 5.74) is 0.950. The first-order valence-corrected chi connectivity index (χ1v) is 8.51. The monoisotopic (exact) mass is 341 g/mol. The van der Waals surface area contributed by atoms with Gasteiger partial charge in [0.2, 0.25) is 0 Å². The molecule has 0 unspecified atom stereocenters. The lowest BCUT2D eigenvalue weighted by atomic mass is 9.94. The smallest absolute Gasteiger partial charge is 0.410 e. The minimum atomic E-state index is -0.575. The van der Waals surface area contributed by atoms with Gasteiger partial charge >= 0.3 is 6.09 Å². The summed E-state index contributed by atoms with van der Waals surface area (Å²) < 4.78 is 5.33. The second kappa shape index (κ2) is 8.48. The molecular formula is C19H23N3O3. The van der Waals surface area contributed by atoms with Crippen LogP contribution in [0.1, 0.15) is 12.0 Å². The van der Waals surface area contributed by atoms with Gasteiger partial charge in [-0.25, -0.2) is 9.78 Å². The molecule has 1 aromatic carbocycles. The molecule has 0 radical (unpaired) electrons. The van der Waals surface area contributed by atoms with E-state index in [0.29, 0.717) is 19.6 Å². The van der Waals surface area contributed by atoms with Crippen molar-refractivity contribution in [2.75, 3.05) is 25.0 Å². The topological polar surface area (TPSA) is 74.7 Å². The third kappa shape index (κ3) is 4.93. The number of piperidine rings is 1. The van der Waals surface area contributed by atoms with E-state index in [9.17, 15) is 9.90 Å². The van der Waals surface area contributed by atoms with E-state index in [2.05, 4.69) is 10.3 Å². The van der Waals surface area contributed by atoms with Gasteiger partial charge in [0.1, 0.15) is 12.4 Å². The van der Waals surface area contributed by atoms with Crippen molar-refractivity contribution >= 4 is 11.9 Å². The van der Waals surface area contributed by atoms with Gasteiger partial charge in [-0.15, -0.1) is 0 Å². The van der Waals surface area contributed by atoms with Gasteiger partial charge in [0.25, 0.3) is 0 Å². The molecule has 1 aliphatic rings. The van der Waals surface area contributed by atoms with Crippen LogP contribution in [-0.2, 0) is 11.3 Å². The number of nitrogens with zero attached hydrogens (tertiary/aromatic N) is 2. The zero-order valence-corrected chi connectivity index (χ0v) is 14.0. The first kappa shape index (κ1) is 17.2. The quantitative estimate of drug-likeness (QED) is 0.874. The molecule has 0 spiro atoms. The standard InChI is InChI=1S/C19H23N3O3/c23-17-13-22(19(24)25-14-15-6-2-1-3-7-15)11-9-16(17)12-21-18-8-4-5-10-20-18/h1-8,10,16-17,23H,9,11-14H2,(H,20,21)/t16-,17-/m1/s1. The Morgan fingerprint density at radius 3 is 2.76 bits per heavy atom. The molecule has 1 fully saturated rings. The number of benzene rings is 1. The van der Waals surface area contributed by atoms with Crippen LogP contribution in [0.25, 0.3) is 0 Å². The van der Waals surface area contributed by atoms with Crippen molar-refractivity contribution in [3.05, 3.63) is 60.3 Å². The van der Waals surface area contributed by atoms with E-state index in [4.69, 9.17) is 4.74 Å². The van der Waals surface area contributed by atoms with Crippen LogP contribution in [0.2, 0.25) is 0 Å². The van der Waals surface area contributed by atoms with E-state index in [1.807, 2.05) is 48.5 Å². The molecule has 6 nitrogen and oxygen atoms in total. The number of pyridine rings is 1. The molecule has 2 heterocycles. The predicted molar refractivity (Wildman–Crippen MR) is 95.0 cm³/mol. The number of rotatable bonds is 5. The van der Waals surface area contributed by atoms with Crippen LogP contribution in [0, 0.1) is 5.92 Å². The summed E-state index contributed by atoms with van der Waals surface area (Å²) in [6.45, 7) is 1.75. The van der Waals surface area contributed by atoms with Crippen LogP contribution in [0.5, 0.6) is 0 Å². The molecule has 0 saturated carbocycles. The second-order valence-electron chi connectivity index (χ2n) is 6.20. The van der Waals surface area contributed by atoms with E-state index in [0.717, 1.165) is 17.8 Å². The normalized spacial score (nSPS) is 20.1. The van der Waals surface area contributed by atoms with Gasteiger partial charge in [-0.3, -0.25) is 0 Å². The highest BCUT2D eigenvalue weighted by Gasteiger charge is 2.30. The highest BCUT2D eigenvalue weighted by atomic mass is 16.6. The van der Waals surface area contributed by atoms with Crippen LogP contribution in [0.15, 0.2) is 54.7 Å². The maximum Gasteiger partial charge on any atom is 0.410 e. The summed E-state index contributed by atoms with van der Waals surface area (Å²) in [7, 11) is 0. The average Bonchev–Trinajstić information content (AvgIpc) is 2.66.